The Bertz CT molecular complexity index is 258. The van der Waals surface area contributed by atoms with Gasteiger partial charge in [-0.25, -0.2) is 4.98 Å². The van der Waals surface area contributed by atoms with Crippen LogP contribution in [-0.2, 0) is 11.3 Å². The second-order valence-electron chi connectivity index (χ2n) is 3.57. The molecule has 1 heterocycles. The van der Waals surface area contributed by atoms with Crippen LogP contribution in [-0.4, -0.2) is 29.2 Å². The van der Waals surface area contributed by atoms with E-state index in [4.69, 9.17) is 4.74 Å². The Balaban J connectivity index is 2.08. The molecule has 0 spiro atoms. The largest absolute Gasteiger partial charge is 0.377 e. The molecule has 0 amide bonds. The van der Waals surface area contributed by atoms with Crippen molar-refractivity contribution in [2.45, 2.75) is 33.4 Å². The van der Waals surface area contributed by atoms with Crippen molar-refractivity contribution in [3.63, 3.8) is 0 Å². The number of imidazole rings is 1. The van der Waals surface area contributed by atoms with Crippen LogP contribution in [0.5, 0.6) is 0 Å². The van der Waals surface area contributed by atoms with E-state index >= 15 is 0 Å². The van der Waals surface area contributed by atoms with Crippen molar-refractivity contribution in [3.8, 4) is 0 Å². The number of hydrogen-bond donors (Lipinski definition) is 2. The van der Waals surface area contributed by atoms with Crippen LogP contribution in [0.15, 0.2) is 6.33 Å². The molecule has 4 nitrogen and oxygen atoms in total. The third kappa shape index (κ3) is 3.89. The van der Waals surface area contributed by atoms with Gasteiger partial charge in [-0.3, -0.25) is 0 Å². The molecule has 14 heavy (non-hydrogen) atoms. The average Bonchev–Trinajstić information content (AvgIpc) is 2.51. The second-order valence-corrected chi connectivity index (χ2v) is 3.57. The van der Waals surface area contributed by atoms with Crippen LogP contribution >= 0.6 is 0 Å². The van der Waals surface area contributed by atoms with E-state index in [1.807, 2.05) is 20.8 Å². The Morgan fingerprint density at radius 3 is 2.93 bits per heavy atom. The summed E-state index contributed by atoms with van der Waals surface area (Å²) in [5, 5.41) is 3.28. The first-order valence-corrected chi connectivity index (χ1v) is 5.01. The Morgan fingerprint density at radius 1 is 1.57 bits per heavy atom. The first-order chi connectivity index (χ1) is 6.70. The number of H-pyrrole nitrogens is 1. The minimum Gasteiger partial charge on any atom is -0.377 e. The van der Waals surface area contributed by atoms with Crippen molar-refractivity contribution in [1.29, 1.82) is 0 Å². The summed E-state index contributed by atoms with van der Waals surface area (Å²) in [6, 6.07) is 0. The van der Waals surface area contributed by atoms with Gasteiger partial charge >= 0.3 is 0 Å². The van der Waals surface area contributed by atoms with Gasteiger partial charge in [-0.1, -0.05) is 0 Å². The number of ether oxygens (including phenoxy) is 1. The van der Waals surface area contributed by atoms with Crippen molar-refractivity contribution in [2.24, 2.45) is 0 Å². The van der Waals surface area contributed by atoms with Crippen LogP contribution in [0.2, 0.25) is 0 Å². The molecule has 1 aromatic rings. The van der Waals surface area contributed by atoms with Gasteiger partial charge in [0.1, 0.15) is 0 Å². The van der Waals surface area contributed by atoms with Gasteiger partial charge in [-0.05, 0) is 20.8 Å². The summed E-state index contributed by atoms with van der Waals surface area (Å²) in [5.41, 5.74) is 2.21. The predicted molar refractivity (Wildman–Crippen MR) is 56.1 cm³/mol. The summed E-state index contributed by atoms with van der Waals surface area (Å²) >= 11 is 0. The van der Waals surface area contributed by atoms with E-state index in [1.54, 1.807) is 6.33 Å². The summed E-state index contributed by atoms with van der Waals surface area (Å²) in [6.07, 6.45) is 2.03. The molecule has 0 fully saturated rings. The van der Waals surface area contributed by atoms with Gasteiger partial charge in [0.25, 0.3) is 0 Å². The van der Waals surface area contributed by atoms with E-state index in [9.17, 15) is 0 Å². The van der Waals surface area contributed by atoms with Crippen LogP contribution in [0.25, 0.3) is 0 Å². The molecule has 0 saturated heterocycles. The zero-order valence-electron chi connectivity index (χ0n) is 9.13. The molecule has 0 aliphatic rings. The van der Waals surface area contributed by atoms with Gasteiger partial charge in [0.15, 0.2) is 0 Å². The fourth-order valence-electron chi connectivity index (χ4n) is 1.14. The van der Waals surface area contributed by atoms with Gasteiger partial charge in [-0.2, -0.15) is 0 Å². The first kappa shape index (κ1) is 11.2. The molecule has 1 rings (SSSR count). The van der Waals surface area contributed by atoms with Crippen molar-refractivity contribution in [1.82, 2.24) is 15.3 Å². The number of rotatable bonds is 6. The topological polar surface area (TPSA) is 49.9 Å². The number of nitrogens with one attached hydrogen (secondary N) is 2. The zero-order chi connectivity index (χ0) is 10.4. The summed E-state index contributed by atoms with van der Waals surface area (Å²) in [6.45, 7) is 8.52. The minimum absolute atomic E-state index is 0.309. The molecule has 80 valence electrons. The van der Waals surface area contributed by atoms with Crippen LogP contribution < -0.4 is 5.32 Å². The Kier molecular flexibility index (Phi) is 4.62. The molecule has 0 radical (unpaired) electrons. The molecule has 4 heteroatoms. The van der Waals surface area contributed by atoms with E-state index in [0.717, 1.165) is 31.1 Å². The summed E-state index contributed by atoms with van der Waals surface area (Å²) in [4.78, 5) is 7.24. The number of aryl methyl sites for hydroxylation is 1. The highest BCUT2D eigenvalue weighted by molar-refractivity contribution is 5.07. The predicted octanol–water partition coefficient (Wildman–Crippen LogP) is 1.23. The molecule has 0 aromatic carbocycles. The average molecular weight is 197 g/mol. The van der Waals surface area contributed by atoms with Crippen LogP contribution in [0.3, 0.4) is 0 Å². The molecule has 2 N–H and O–H groups in total. The first-order valence-electron chi connectivity index (χ1n) is 5.01. The number of nitrogens with zero attached hydrogens (tertiary/aromatic N) is 1. The van der Waals surface area contributed by atoms with Crippen LogP contribution in [0, 0.1) is 6.92 Å². The van der Waals surface area contributed by atoms with Gasteiger partial charge in [0, 0.05) is 18.8 Å². The standard InChI is InChI=1S/C10H19N3O/c1-8(2)14-5-4-11-6-10-9(3)12-7-13-10/h7-8,11H,4-6H2,1-3H3,(H,12,13). The van der Waals surface area contributed by atoms with E-state index in [0.29, 0.717) is 6.10 Å². The van der Waals surface area contributed by atoms with Crippen molar-refractivity contribution in [3.05, 3.63) is 17.7 Å². The Hall–Kier alpha value is -0.870. The Morgan fingerprint density at radius 2 is 2.36 bits per heavy atom. The highest BCUT2D eigenvalue weighted by atomic mass is 16.5. The van der Waals surface area contributed by atoms with Gasteiger partial charge < -0.3 is 15.0 Å². The highest BCUT2D eigenvalue weighted by Gasteiger charge is 1.99. The molecule has 0 saturated carbocycles. The summed E-state index contributed by atoms with van der Waals surface area (Å²) in [5.74, 6) is 0. The number of hydrogen-bond acceptors (Lipinski definition) is 3. The lowest BCUT2D eigenvalue weighted by Crippen LogP contribution is -2.21. The normalized spacial score (nSPS) is 11.1. The molecular weight excluding hydrogens is 178 g/mol. The number of aromatic nitrogens is 2. The van der Waals surface area contributed by atoms with Crippen molar-refractivity contribution in [2.75, 3.05) is 13.2 Å². The molecule has 1 aromatic heterocycles. The lowest BCUT2D eigenvalue weighted by molar-refractivity contribution is 0.0806. The van der Waals surface area contributed by atoms with E-state index < -0.39 is 0 Å². The summed E-state index contributed by atoms with van der Waals surface area (Å²) < 4.78 is 5.40. The molecular formula is C10H19N3O. The molecule has 0 aliphatic heterocycles. The van der Waals surface area contributed by atoms with Crippen LogP contribution in [0.4, 0.5) is 0 Å². The zero-order valence-corrected chi connectivity index (χ0v) is 9.13. The molecule has 0 atom stereocenters. The van der Waals surface area contributed by atoms with Crippen molar-refractivity contribution < 1.29 is 4.74 Å². The van der Waals surface area contributed by atoms with E-state index in [2.05, 4.69) is 15.3 Å². The SMILES string of the molecule is Cc1[nH]cnc1CNCCOC(C)C. The van der Waals surface area contributed by atoms with Crippen LogP contribution in [0.1, 0.15) is 25.2 Å². The minimum atomic E-state index is 0.309. The van der Waals surface area contributed by atoms with E-state index in [1.165, 1.54) is 0 Å². The third-order valence-electron chi connectivity index (χ3n) is 1.96. The number of aromatic amines is 1. The fourth-order valence-corrected chi connectivity index (χ4v) is 1.14. The van der Waals surface area contributed by atoms with Gasteiger partial charge in [-0.15, -0.1) is 0 Å². The maximum atomic E-state index is 5.40. The fraction of sp³-hybridized carbons (Fsp3) is 0.700. The molecule has 0 aliphatic carbocycles. The monoisotopic (exact) mass is 197 g/mol. The second kappa shape index (κ2) is 5.78. The molecule has 0 unspecified atom stereocenters. The highest BCUT2D eigenvalue weighted by Crippen LogP contribution is 1.98. The third-order valence-corrected chi connectivity index (χ3v) is 1.96. The lowest BCUT2D eigenvalue weighted by Gasteiger charge is -2.07. The smallest absolute Gasteiger partial charge is 0.0925 e. The Labute approximate surface area is 85.1 Å². The van der Waals surface area contributed by atoms with Crippen molar-refractivity contribution >= 4 is 0 Å². The maximum absolute atomic E-state index is 5.40. The van der Waals surface area contributed by atoms with Gasteiger partial charge in [0.05, 0.1) is 24.7 Å². The lowest BCUT2D eigenvalue weighted by atomic mass is 10.3. The van der Waals surface area contributed by atoms with E-state index in [-0.39, 0.29) is 0 Å². The van der Waals surface area contributed by atoms with Gasteiger partial charge in [0.2, 0.25) is 0 Å². The molecule has 0 bridgehead atoms. The maximum Gasteiger partial charge on any atom is 0.0925 e. The quantitative estimate of drug-likeness (QED) is 0.674. The summed E-state index contributed by atoms with van der Waals surface area (Å²) in [7, 11) is 0.